The predicted molar refractivity (Wildman–Crippen MR) is 98.7 cm³/mol. The molecular formula is C17H15N5O3S. The number of benzene rings is 2. The molecule has 3 rings (SSSR count). The average molecular weight is 369 g/mol. The topological polar surface area (TPSA) is 95.4 Å². The number of rotatable bonds is 7. The Morgan fingerprint density at radius 2 is 1.92 bits per heavy atom. The SMILES string of the molecule is CSc1nnc(COc2ccccc2)n1/N=C\c1ccc([N+](=O)[O-])cc1. The Labute approximate surface area is 153 Å². The van der Waals surface area contributed by atoms with Crippen molar-refractivity contribution in [1.29, 1.82) is 0 Å². The Bertz CT molecular complexity index is 910. The van der Waals surface area contributed by atoms with Crippen LogP contribution in [0, 0.1) is 10.1 Å². The monoisotopic (exact) mass is 369 g/mol. The fourth-order valence-electron chi connectivity index (χ4n) is 2.10. The number of non-ortho nitro benzene ring substituents is 1. The zero-order chi connectivity index (χ0) is 18.4. The number of nitrogens with zero attached hydrogens (tertiary/aromatic N) is 5. The summed E-state index contributed by atoms with van der Waals surface area (Å²) in [5, 5.41) is 23.9. The van der Waals surface area contributed by atoms with Crippen LogP contribution in [0.25, 0.3) is 0 Å². The minimum atomic E-state index is -0.439. The van der Waals surface area contributed by atoms with Gasteiger partial charge in [-0.2, -0.15) is 9.78 Å². The third-order valence-electron chi connectivity index (χ3n) is 3.40. The molecule has 1 aromatic heterocycles. The average Bonchev–Trinajstić information content (AvgIpc) is 3.07. The third kappa shape index (κ3) is 4.25. The molecule has 0 fully saturated rings. The molecule has 0 spiro atoms. The van der Waals surface area contributed by atoms with Gasteiger partial charge in [-0.1, -0.05) is 30.0 Å². The van der Waals surface area contributed by atoms with Crippen LogP contribution in [-0.4, -0.2) is 32.3 Å². The summed E-state index contributed by atoms with van der Waals surface area (Å²) in [7, 11) is 0. The first kappa shape index (κ1) is 17.6. The molecule has 8 nitrogen and oxygen atoms in total. The van der Waals surface area contributed by atoms with Gasteiger partial charge in [0.15, 0.2) is 5.82 Å². The molecule has 0 radical (unpaired) electrons. The summed E-state index contributed by atoms with van der Waals surface area (Å²) in [6, 6.07) is 15.5. The Hall–Kier alpha value is -3.20. The minimum absolute atomic E-state index is 0.0354. The highest BCUT2D eigenvalue weighted by atomic mass is 32.2. The molecule has 0 saturated heterocycles. The predicted octanol–water partition coefficient (Wildman–Crippen LogP) is 3.37. The molecule has 0 aliphatic heterocycles. The molecule has 0 atom stereocenters. The van der Waals surface area contributed by atoms with Crippen LogP contribution in [0.15, 0.2) is 64.9 Å². The van der Waals surface area contributed by atoms with Gasteiger partial charge in [-0.05, 0) is 36.1 Å². The maximum atomic E-state index is 10.7. The molecule has 0 bridgehead atoms. The standard InChI is InChI=1S/C17H15N5O3S/c1-26-17-20-19-16(12-25-15-5-3-2-4-6-15)21(17)18-11-13-7-9-14(10-8-13)22(23)24/h2-11H,12H2,1H3/b18-11-. The second-order valence-electron chi connectivity index (χ2n) is 5.11. The molecule has 0 aliphatic rings. The van der Waals surface area contributed by atoms with Gasteiger partial charge in [0.05, 0.1) is 11.1 Å². The van der Waals surface area contributed by atoms with E-state index >= 15 is 0 Å². The van der Waals surface area contributed by atoms with E-state index in [-0.39, 0.29) is 12.3 Å². The van der Waals surface area contributed by atoms with E-state index in [1.807, 2.05) is 36.6 Å². The normalized spacial score (nSPS) is 11.0. The molecule has 0 amide bonds. The van der Waals surface area contributed by atoms with Crippen molar-refractivity contribution < 1.29 is 9.66 Å². The molecule has 1 heterocycles. The van der Waals surface area contributed by atoms with Crippen LogP contribution < -0.4 is 4.74 Å². The fraction of sp³-hybridized carbons (Fsp3) is 0.118. The summed E-state index contributed by atoms with van der Waals surface area (Å²) in [4.78, 5) is 10.3. The van der Waals surface area contributed by atoms with Crippen LogP contribution >= 0.6 is 11.8 Å². The summed E-state index contributed by atoms with van der Waals surface area (Å²) >= 11 is 1.41. The van der Waals surface area contributed by atoms with Gasteiger partial charge in [0.2, 0.25) is 5.16 Å². The van der Waals surface area contributed by atoms with Gasteiger partial charge >= 0.3 is 0 Å². The summed E-state index contributed by atoms with van der Waals surface area (Å²) in [6.45, 7) is 0.217. The summed E-state index contributed by atoms with van der Waals surface area (Å²) < 4.78 is 7.30. The van der Waals surface area contributed by atoms with Crippen molar-refractivity contribution in [2.75, 3.05) is 6.26 Å². The third-order valence-corrected chi connectivity index (χ3v) is 4.02. The van der Waals surface area contributed by atoms with Crippen LogP contribution in [0.4, 0.5) is 5.69 Å². The van der Waals surface area contributed by atoms with Crippen molar-refractivity contribution in [3.63, 3.8) is 0 Å². The second-order valence-corrected chi connectivity index (χ2v) is 5.88. The molecular weight excluding hydrogens is 354 g/mol. The number of aromatic nitrogens is 3. The molecule has 0 N–H and O–H groups in total. The molecule has 0 unspecified atom stereocenters. The maximum absolute atomic E-state index is 10.7. The Morgan fingerprint density at radius 3 is 2.58 bits per heavy atom. The van der Waals surface area contributed by atoms with E-state index in [4.69, 9.17) is 4.74 Å². The van der Waals surface area contributed by atoms with Crippen LogP contribution in [0.5, 0.6) is 5.75 Å². The molecule has 2 aromatic carbocycles. The van der Waals surface area contributed by atoms with E-state index in [1.54, 1.807) is 23.0 Å². The molecule has 9 heteroatoms. The first-order chi connectivity index (χ1) is 12.7. The van der Waals surface area contributed by atoms with E-state index in [1.165, 1.54) is 23.9 Å². The van der Waals surface area contributed by atoms with Crippen LogP contribution in [0.2, 0.25) is 0 Å². The zero-order valence-corrected chi connectivity index (χ0v) is 14.7. The van der Waals surface area contributed by atoms with Gasteiger partial charge in [0.25, 0.3) is 5.69 Å². The molecule has 26 heavy (non-hydrogen) atoms. The fourth-order valence-corrected chi connectivity index (χ4v) is 2.55. The molecule has 132 valence electrons. The largest absolute Gasteiger partial charge is 0.486 e. The number of nitro benzene ring substituents is 1. The maximum Gasteiger partial charge on any atom is 0.269 e. The first-order valence-corrected chi connectivity index (χ1v) is 8.85. The van der Waals surface area contributed by atoms with Crippen molar-refractivity contribution in [2.45, 2.75) is 11.8 Å². The van der Waals surface area contributed by atoms with E-state index in [0.29, 0.717) is 11.0 Å². The van der Waals surface area contributed by atoms with Gasteiger partial charge in [0.1, 0.15) is 12.4 Å². The Balaban J connectivity index is 1.77. The number of hydrogen-bond acceptors (Lipinski definition) is 7. The lowest BCUT2D eigenvalue weighted by atomic mass is 10.2. The van der Waals surface area contributed by atoms with Gasteiger partial charge in [-0.25, -0.2) is 0 Å². The van der Waals surface area contributed by atoms with Crippen molar-refractivity contribution >= 4 is 23.7 Å². The van der Waals surface area contributed by atoms with E-state index < -0.39 is 4.92 Å². The van der Waals surface area contributed by atoms with Crippen LogP contribution in [0.3, 0.4) is 0 Å². The van der Waals surface area contributed by atoms with Crippen LogP contribution in [-0.2, 0) is 6.61 Å². The lowest BCUT2D eigenvalue weighted by Crippen LogP contribution is -2.04. The highest BCUT2D eigenvalue weighted by Crippen LogP contribution is 2.16. The van der Waals surface area contributed by atoms with Crippen molar-refractivity contribution in [1.82, 2.24) is 14.9 Å². The molecule has 0 aliphatic carbocycles. The number of ether oxygens (including phenoxy) is 1. The van der Waals surface area contributed by atoms with E-state index in [2.05, 4.69) is 15.3 Å². The highest BCUT2D eigenvalue weighted by Gasteiger charge is 2.11. The molecule has 0 saturated carbocycles. The summed E-state index contributed by atoms with van der Waals surface area (Å²) in [5.41, 5.74) is 0.763. The number of thioether (sulfide) groups is 1. The van der Waals surface area contributed by atoms with Gasteiger partial charge in [-0.3, -0.25) is 10.1 Å². The van der Waals surface area contributed by atoms with Crippen LogP contribution in [0.1, 0.15) is 11.4 Å². The molecule has 3 aromatic rings. The first-order valence-electron chi connectivity index (χ1n) is 7.62. The summed E-state index contributed by atoms with van der Waals surface area (Å²) in [5.74, 6) is 1.28. The Kier molecular flexibility index (Phi) is 5.59. The van der Waals surface area contributed by atoms with E-state index in [9.17, 15) is 10.1 Å². The van der Waals surface area contributed by atoms with Gasteiger partial charge < -0.3 is 4.74 Å². The van der Waals surface area contributed by atoms with E-state index in [0.717, 1.165) is 11.3 Å². The number of nitro groups is 1. The number of hydrogen-bond donors (Lipinski definition) is 0. The Morgan fingerprint density at radius 1 is 1.19 bits per heavy atom. The van der Waals surface area contributed by atoms with Crippen molar-refractivity contribution in [3.05, 3.63) is 76.1 Å². The highest BCUT2D eigenvalue weighted by molar-refractivity contribution is 7.98. The summed E-state index contributed by atoms with van der Waals surface area (Å²) in [6.07, 6.45) is 3.47. The van der Waals surface area contributed by atoms with Crippen molar-refractivity contribution in [3.8, 4) is 5.75 Å². The quantitative estimate of drug-likeness (QED) is 0.274. The lowest BCUT2D eigenvalue weighted by Gasteiger charge is -2.06. The lowest BCUT2D eigenvalue weighted by molar-refractivity contribution is -0.384. The smallest absolute Gasteiger partial charge is 0.269 e. The number of para-hydroxylation sites is 1. The van der Waals surface area contributed by atoms with Gasteiger partial charge in [0, 0.05) is 12.1 Å². The second kappa shape index (κ2) is 8.26. The van der Waals surface area contributed by atoms with Crippen molar-refractivity contribution in [2.24, 2.45) is 5.10 Å². The van der Waals surface area contributed by atoms with Gasteiger partial charge in [-0.15, -0.1) is 10.2 Å². The zero-order valence-electron chi connectivity index (χ0n) is 13.8. The minimum Gasteiger partial charge on any atom is -0.486 e.